The normalized spacial score (nSPS) is 32.0. The van der Waals surface area contributed by atoms with Crippen LogP contribution in [0.1, 0.15) is 31.4 Å². The van der Waals surface area contributed by atoms with E-state index in [1.165, 1.54) is 0 Å². The summed E-state index contributed by atoms with van der Waals surface area (Å²) in [6, 6.07) is 18.5. The van der Waals surface area contributed by atoms with Gasteiger partial charge >= 0.3 is 0 Å². The number of hydrogen-bond donors (Lipinski definition) is 0. The Bertz CT molecular complexity index is 1270. The minimum absolute atomic E-state index is 0.0834. The van der Waals surface area contributed by atoms with Crippen LogP contribution in [0.4, 0.5) is 0 Å². The van der Waals surface area contributed by atoms with E-state index in [0.29, 0.717) is 6.42 Å². The van der Waals surface area contributed by atoms with Crippen LogP contribution in [-0.2, 0) is 41.6 Å². The molecule has 3 aliphatic rings. The Labute approximate surface area is 238 Å². The number of ether oxygens (including phenoxy) is 6. The molecule has 2 aromatic rings. The topological polar surface area (TPSA) is 153 Å². The Balaban J connectivity index is 1.46. The lowest BCUT2D eigenvalue weighted by atomic mass is 9.95. The van der Waals surface area contributed by atoms with Crippen molar-refractivity contribution in [3.8, 4) is 0 Å². The Morgan fingerprint density at radius 2 is 1.56 bits per heavy atom. The third-order valence-electron chi connectivity index (χ3n) is 7.23. The molecule has 0 saturated carbocycles. The van der Waals surface area contributed by atoms with Gasteiger partial charge in [-0.3, -0.25) is 0 Å². The van der Waals surface area contributed by atoms with E-state index < -0.39 is 42.5 Å². The molecule has 8 atom stereocenters. The first-order valence-corrected chi connectivity index (χ1v) is 13.7. The second-order valence-electron chi connectivity index (χ2n) is 10.6. The van der Waals surface area contributed by atoms with Crippen LogP contribution in [0.3, 0.4) is 0 Å². The molecule has 12 heteroatoms. The molecule has 2 aliphatic heterocycles. The summed E-state index contributed by atoms with van der Waals surface area (Å²) in [7, 11) is 0. The van der Waals surface area contributed by atoms with Crippen molar-refractivity contribution in [1.29, 1.82) is 0 Å². The molecule has 0 radical (unpaired) electrons. The second-order valence-corrected chi connectivity index (χ2v) is 10.6. The number of hydrogen-bond acceptors (Lipinski definition) is 8. The molecule has 0 spiro atoms. The Kier molecular flexibility index (Phi) is 9.56. The highest BCUT2D eigenvalue weighted by Crippen LogP contribution is 2.38. The van der Waals surface area contributed by atoms with Crippen LogP contribution >= 0.6 is 0 Å². The van der Waals surface area contributed by atoms with Crippen LogP contribution in [0.5, 0.6) is 0 Å². The van der Waals surface area contributed by atoms with Gasteiger partial charge in [0.05, 0.1) is 38.0 Å². The van der Waals surface area contributed by atoms with Crippen LogP contribution in [0, 0.1) is 0 Å². The van der Waals surface area contributed by atoms with E-state index in [1.807, 2.05) is 86.7 Å². The van der Waals surface area contributed by atoms with Gasteiger partial charge in [0.15, 0.2) is 12.1 Å². The van der Waals surface area contributed by atoms with Gasteiger partial charge in [0.2, 0.25) is 0 Å². The maximum atomic E-state index is 9.47. The van der Waals surface area contributed by atoms with Crippen molar-refractivity contribution in [2.45, 2.75) is 88.2 Å². The lowest BCUT2D eigenvalue weighted by Gasteiger charge is -2.46. The predicted molar refractivity (Wildman–Crippen MR) is 148 cm³/mol. The average Bonchev–Trinajstić information content (AvgIpc) is 3.31. The average molecular weight is 563 g/mol. The SMILES string of the molecule is CC1(C)O[C@H]2[C@@H](O[C@H]3O[C@H](CN=[N+]=[N-])[C@@H](N=[N+]=[N-])[C@H](OCc4ccccc4)[C@H]3OCc3ccccc3)CC=C[C@H]2O1. The van der Waals surface area contributed by atoms with Gasteiger partial charge in [0, 0.05) is 9.82 Å². The second kappa shape index (κ2) is 13.5. The van der Waals surface area contributed by atoms with Gasteiger partial charge in [-0.25, -0.2) is 0 Å². The van der Waals surface area contributed by atoms with Crippen molar-refractivity contribution in [1.82, 2.24) is 0 Å². The molecular weight excluding hydrogens is 528 g/mol. The lowest BCUT2D eigenvalue weighted by molar-refractivity contribution is -0.310. The number of nitrogens with zero attached hydrogens (tertiary/aromatic N) is 6. The molecule has 41 heavy (non-hydrogen) atoms. The molecule has 0 bridgehead atoms. The van der Waals surface area contributed by atoms with Crippen molar-refractivity contribution < 1.29 is 28.4 Å². The first-order valence-electron chi connectivity index (χ1n) is 13.7. The maximum absolute atomic E-state index is 9.47. The number of fused-ring (bicyclic) bond motifs is 1. The highest BCUT2D eigenvalue weighted by molar-refractivity contribution is 5.15. The molecule has 0 N–H and O–H groups in total. The quantitative estimate of drug-likeness (QED) is 0.147. The van der Waals surface area contributed by atoms with Gasteiger partial charge in [0.25, 0.3) is 0 Å². The minimum atomic E-state index is -0.951. The predicted octanol–water partition coefficient (Wildman–Crippen LogP) is 5.74. The van der Waals surface area contributed by atoms with E-state index in [1.54, 1.807) is 0 Å². The number of benzene rings is 2. The van der Waals surface area contributed by atoms with Crippen molar-refractivity contribution in [3.63, 3.8) is 0 Å². The molecule has 0 amide bonds. The van der Waals surface area contributed by atoms with Crippen LogP contribution in [0.25, 0.3) is 20.9 Å². The van der Waals surface area contributed by atoms with Crippen molar-refractivity contribution in [2.75, 3.05) is 6.54 Å². The Morgan fingerprint density at radius 3 is 2.20 bits per heavy atom. The Hall–Kier alpha value is -3.44. The molecule has 2 fully saturated rings. The van der Waals surface area contributed by atoms with Gasteiger partial charge in [-0.2, -0.15) is 0 Å². The van der Waals surface area contributed by atoms with Gasteiger partial charge in [-0.1, -0.05) is 83.0 Å². The molecule has 1 aliphatic carbocycles. The minimum Gasteiger partial charge on any atom is -0.370 e. The smallest absolute Gasteiger partial charge is 0.187 e. The van der Waals surface area contributed by atoms with E-state index in [-0.39, 0.29) is 32.0 Å². The highest BCUT2D eigenvalue weighted by Gasteiger charge is 2.51. The van der Waals surface area contributed by atoms with E-state index in [4.69, 9.17) is 34.0 Å². The lowest BCUT2D eigenvalue weighted by Crippen LogP contribution is -2.61. The van der Waals surface area contributed by atoms with Gasteiger partial charge < -0.3 is 28.4 Å². The summed E-state index contributed by atoms with van der Waals surface area (Å²) in [6.07, 6.45) is 0.188. The molecule has 5 rings (SSSR count). The molecule has 2 saturated heterocycles. The summed E-state index contributed by atoms with van der Waals surface area (Å²) in [6.45, 7) is 4.13. The van der Waals surface area contributed by atoms with Crippen LogP contribution in [0.2, 0.25) is 0 Å². The van der Waals surface area contributed by atoms with E-state index in [0.717, 1.165) is 11.1 Å². The number of rotatable bonds is 11. The zero-order valence-corrected chi connectivity index (χ0v) is 23.0. The molecule has 0 unspecified atom stereocenters. The molecule has 2 heterocycles. The zero-order chi connectivity index (χ0) is 28.7. The maximum Gasteiger partial charge on any atom is 0.187 e. The zero-order valence-electron chi connectivity index (χ0n) is 23.0. The molecule has 2 aromatic carbocycles. The highest BCUT2D eigenvalue weighted by atomic mass is 16.8. The summed E-state index contributed by atoms with van der Waals surface area (Å²) < 4.78 is 38.1. The fraction of sp³-hybridized carbons (Fsp3) is 0.517. The van der Waals surface area contributed by atoms with Crippen molar-refractivity contribution >= 4 is 0 Å². The summed E-state index contributed by atoms with van der Waals surface area (Å²) in [4.78, 5) is 5.95. The molecule has 12 nitrogen and oxygen atoms in total. The molecule has 216 valence electrons. The van der Waals surface area contributed by atoms with Crippen LogP contribution in [0.15, 0.2) is 83.0 Å². The van der Waals surface area contributed by atoms with Gasteiger partial charge in [0.1, 0.15) is 24.4 Å². The van der Waals surface area contributed by atoms with Crippen molar-refractivity contribution in [3.05, 3.63) is 105 Å². The van der Waals surface area contributed by atoms with E-state index in [9.17, 15) is 5.53 Å². The number of azide groups is 2. The largest absolute Gasteiger partial charge is 0.370 e. The van der Waals surface area contributed by atoms with E-state index >= 15 is 0 Å². The monoisotopic (exact) mass is 562 g/mol. The molecular formula is C29H34N6O6. The van der Waals surface area contributed by atoms with E-state index in [2.05, 4.69) is 20.1 Å². The third-order valence-corrected chi connectivity index (χ3v) is 7.23. The van der Waals surface area contributed by atoms with Crippen molar-refractivity contribution in [2.24, 2.45) is 10.2 Å². The standard InChI is InChI=1S/C29H34N6O6/c1-29(2)40-22-15-9-14-21(25(22)41-29)38-28-27(37-18-20-12-7-4-8-13-20)26(36-17-19-10-5-3-6-11-19)24(33-35-31)23(39-28)16-32-34-30/h3-13,15,21-28H,14,16-18H2,1-2H3/t21-,22+,23+,24+,25-,26-,27+,28-/m0/s1. The van der Waals surface area contributed by atoms with Crippen LogP contribution < -0.4 is 0 Å². The fourth-order valence-electron chi connectivity index (χ4n) is 5.41. The summed E-state index contributed by atoms with van der Waals surface area (Å²) >= 11 is 0. The Morgan fingerprint density at radius 1 is 0.902 bits per heavy atom. The van der Waals surface area contributed by atoms with Crippen LogP contribution in [-0.4, -0.2) is 61.3 Å². The molecule has 0 aromatic heterocycles. The van der Waals surface area contributed by atoms with Gasteiger partial charge in [-0.05, 0) is 42.5 Å². The summed E-state index contributed by atoms with van der Waals surface area (Å²) in [5.41, 5.74) is 20.4. The third kappa shape index (κ3) is 7.26. The summed E-state index contributed by atoms with van der Waals surface area (Å²) in [5.74, 6) is -0.764. The summed E-state index contributed by atoms with van der Waals surface area (Å²) in [5, 5.41) is 7.74. The fourth-order valence-corrected chi connectivity index (χ4v) is 5.41. The first-order chi connectivity index (χ1) is 20.0. The van der Waals surface area contributed by atoms with Gasteiger partial charge in [-0.15, -0.1) is 0 Å². The first kappa shape index (κ1) is 29.1.